The third kappa shape index (κ3) is 5.58. The van der Waals surface area contributed by atoms with E-state index in [0.717, 1.165) is 57.8 Å². The van der Waals surface area contributed by atoms with Gasteiger partial charge >= 0.3 is 17.9 Å². The lowest BCUT2D eigenvalue weighted by molar-refractivity contribution is -0.222. The Hall–Kier alpha value is -3.29. The molecular formula is C42H58O8. The zero-order chi connectivity index (χ0) is 36.5. The number of allylic oxidation sites excluding steroid dienone is 1. The molecule has 5 aliphatic carbocycles. The van der Waals surface area contributed by atoms with E-state index in [2.05, 4.69) is 47.6 Å². The van der Waals surface area contributed by atoms with Crippen LogP contribution in [0.25, 0.3) is 6.08 Å². The summed E-state index contributed by atoms with van der Waals surface area (Å²) in [6, 6.07) is 4.42. The minimum Gasteiger partial charge on any atom is -0.504 e. The second-order valence-electron chi connectivity index (χ2n) is 18.3. The van der Waals surface area contributed by atoms with Crippen LogP contribution in [0.3, 0.4) is 0 Å². The molecule has 0 amide bonds. The maximum Gasteiger partial charge on any atom is 0.330 e. The molecule has 274 valence electrons. The Morgan fingerprint density at radius 2 is 1.62 bits per heavy atom. The monoisotopic (exact) mass is 690 g/mol. The SMILES string of the molecule is COC(=O)[C@]12CCC(C)(C)C[C@@H]1C1=CC[C@@H]3[C@@]4(C)CC[C@@H](OC(C)=O)C(C)(C)[C@@H]4CC[C@@]3(C)[C@]1(COC(=O)C=Cc1ccc(O)c(O)c1)CC2. The Morgan fingerprint density at radius 3 is 2.30 bits per heavy atom. The molecule has 4 saturated carbocycles. The zero-order valence-electron chi connectivity index (χ0n) is 31.4. The van der Waals surface area contributed by atoms with E-state index in [4.69, 9.17) is 14.2 Å². The van der Waals surface area contributed by atoms with Crippen LogP contribution in [-0.2, 0) is 28.6 Å². The first-order valence-electron chi connectivity index (χ1n) is 18.7. The van der Waals surface area contributed by atoms with E-state index in [1.165, 1.54) is 37.8 Å². The lowest BCUT2D eigenvalue weighted by Crippen LogP contribution is -2.67. The normalized spacial score (nSPS) is 38.4. The summed E-state index contributed by atoms with van der Waals surface area (Å²) in [6.45, 7) is 15.8. The molecule has 8 atom stereocenters. The van der Waals surface area contributed by atoms with Crippen LogP contribution in [0.2, 0.25) is 0 Å². The number of hydrogen-bond donors (Lipinski definition) is 2. The number of hydrogen-bond acceptors (Lipinski definition) is 8. The van der Waals surface area contributed by atoms with Gasteiger partial charge in [0, 0.05) is 23.8 Å². The summed E-state index contributed by atoms with van der Waals surface area (Å²) in [5.41, 5.74) is 0.465. The van der Waals surface area contributed by atoms with Gasteiger partial charge in [0.25, 0.3) is 0 Å². The minimum absolute atomic E-state index is 0.00103. The number of phenolic OH excluding ortho intramolecular Hbond substituents is 2. The minimum atomic E-state index is -0.585. The predicted octanol–water partition coefficient (Wildman–Crippen LogP) is 8.54. The highest BCUT2D eigenvalue weighted by molar-refractivity contribution is 5.87. The molecule has 0 saturated heterocycles. The van der Waals surface area contributed by atoms with Crippen molar-refractivity contribution in [2.75, 3.05) is 13.7 Å². The Kier molecular flexibility index (Phi) is 9.08. The molecule has 0 unspecified atom stereocenters. The van der Waals surface area contributed by atoms with E-state index in [9.17, 15) is 24.6 Å². The van der Waals surface area contributed by atoms with Crippen LogP contribution >= 0.6 is 0 Å². The van der Waals surface area contributed by atoms with E-state index < -0.39 is 16.8 Å². The largest absolute Gasteiger partial charge is 0.504 e. The molecule has 0 bridgehead atoms. The molecule has 5 aliphatic rings. The molecule has 8 nitrogen and oxygen atoms in total. The number of fused-ring (bicyclic) bond motifs is 7. The van der Waals surface area contributed by atoms with Gasteiger partial charge in [-0.3, -0.25) is 9.59 Å². The molecule has 0 radical (unpaired) electrons. The summed E-state index contributed by atoms with van der Waals surface area (Å²) in [6.07, 6.45) is 14.0. The second kappa shape index (κ2) is 12.4. The lowest BCUT2D eigenvalue weighted by atomic mass is 9.33. The fraction of sp³-hybridized carbons (Fsp3) is 0.690. The Morgan fingerprint density at radius 1 is 0.900 bits per heavy atom. The smallest absolute Gasteiger partial charge is 0.330 e. The summed E-state index contributed by atoms with van der Waals surface area (Å²) in [5.74, 6) is -0.602. The van der Waals surface area contributed by atoms with Gasteiger partial charge in [-0.1, -0.05) is 59.3 Å². The molecule has 8 heteroatoms. The molecule has 0 aromatic heterocycles. The Labute approximate surface area is 298 Å². The topological polar surface area (TPSA) is 119 Å². The molecule has 50 heavy (non-hydrogen) atoms. The van der Waals surface area contributed by atoms with Crippen molar-refractivity contribution >= 4 is 24.0 Å². The maximum absolute atomic E-state index is 13.8. The highest BCUT2D eigenvalue weighted by Gasteiger charge is 2.71. The number of phenols is 2. The van der Waals surface area contributed by atoms with Crippen molar-refractivity contribution in [3.63, 3.8) is 0 Å². The maximum atomic E-state index is 13.8. The zero-order valence-corrected chi connectivity index (χ0v) is 31.4. The first-order chi connectivity index (χ1) is 23.3. The van der Waals surface area contributed by atoms with Gasteiger partial charge in [-0.2, -0.15) is 0 Å². The van der Waals surface area contributed by atoms with Crippen LogP contribution in [0, 0.1) is 50.2 Å². The van der Waals surface area contributed by atoms with Crippen molar-refractivity contribution in [3.05, 3.63) is 41.5 Å². The molecule has 0 heterocycles. The Balaban J connectivity index is 1.41. The number of benzene rings is 1. The highest BCUT2D eigenvalue weighted by atomic mass is 16.5. The van der Waals surface area contributed by atoms with Crippen molar-refractivity contribution < 1.29 is 38.8 Å². The van der Waals surface area contributed by atoms with E-state index in [1.54, 1.807) is 12.1 Å². The van der Waals surface area contributed by atoms with Crippen molar-refractivity contribution in [1.29, 1.82) is 0 Å². The summed E-state index contributed by atoms with van der Waals surface area (Å²) >= 11 is 0. The molecule has 0 spiro atoms. The molecule has 1 aromatic carbocycles. The standard InChI is InChI=1S/C42H58O8/c1-26(43)50-34-16-17-39(6)32(38(34,4)5)15-18-40(7)33(39)13-11-28-29-24-37(2,3)19-20-41(29,36(47)48-8)21-22-42(28,40)25-49-35(46)14-10-27-9-12-30(44)31(45)23-27/h9-12,14,23,29,32-34,44-45H,13,15-22,24-25H2,1-8H3/t29-,32+,33-,34-,39+,40-,41+,42+/m1/s1. The molecule has 6 rings (SSSR count). The van der Waals surface area contributed by atoms with Gasteiger partial charge in [-0.25, -0.2) is 4.79 Å². The molecular weight excluding hydrogens is 632 g/mol. The molecule has 4 fully saturated rings. The summed E-state index contributed by atoms with van der Waals surface area (Å²) in [4.78, 5) is 39.4. The number of esters is 3. The first kappa shape index (κ1) is 36.5. The predicted molar refractivity (Wildman–Crippen MR) is 191 cm³/mol. The van der Waals surface area contributed by atoms with Crippen LogP contribution in [0.4, 0.5) is 0 Å². The van der Waals surface area contributed by atoms with Gasteiger partial charge in [0.05, 0.1) is 12.5 Å². The molecule has 1 aromatic rings. The van der Waals surface area contributed by atoms with Crippen molar-refractivity contribution in [1.82, 2.24) is 0 Å². The van der Waals surface area contributed by atoms with Gasteiger partial charge in [-0.05, 0) is 122 Å². The average molecular weight is 691 g/mol. The van der Waals surface area contributed by atoms with Crippen LogP contribution in [-0.4, -0.2) is 47.9 Å². The van der Waals surface area contributed by atoms with Gasteiger partial charge < -0.3 is 24.4 Å². The number of ether oxygens (including phenoxy) is 3. The lowest BCUT2D eigenvalue weighted by Gasteiger charge is -2.71. The van der Waals surface area contributed by atoms with Crippen LogP contribution in [0.5, 0.6) is 11.5 Å². The average Bonchev–Trinajstić information content (AvgIpc) is 3.04. The van der Waals surface area contributed by atoms with E-state index in [0.29, 0.717) is 23.8 Å². The van der Waals surface area contributed by atoms with Gasteiger partial charge in [0.15, 0.2) is 11.5 Å². The van der Waals surface area contributed by atoms with Crippen LogP contribution in [0.1, 0.15) is 118 Å². The molecule has 2 N–H and O–H groups in total. The summed E-state index contributed by atoms with van der Waals surface area (Å²) in [7, 11) is 1.51. The first-order valence-corrected chi connectivity index (χ1v) is 18.7. The summed E-state index contributed by atoms with van der Waals surface area (Å²) < 4.78 is 17.8. The quantitative estimate of drug-likeness (QED) is 0.100. The fourth-order valence-electron chi connectivity index (χ4n) is 12.4. The van der Waals surface area contributed by atoms with E-state index in [-0.39, 0.29) is 63.7 Å². The Bertz CT molecular complexity index is 1600. The third-order valence-electron chi connectivity index (χ3n) is 15.0. The van der Waals surface area contributed by atoms with Gasteiger partial charge in [0.1, 0.15) is 12.7 Å². The fourth-order valence-corrected chi connectivity index (χ4v) is 12.4. The van der Waals surface area contributed by atoms with Crippen LogP contribution in [0.15, 0.2) is 35.9 Å². The number of carbonyl (C=O) groups excluding carboxylic acids is 3. The highest BCUT2D eigenvalue weighted by Crippen LogP contribution is 2.76. The van der Waals surface area contributed by atoms with Crippen molar-refractivity contribution in [3.8, 4) is 11.5 Å². The molecule has 0 aliphatic heterocycles. The van der Waals surface area contributed by atoms with Gasteiger partial charge in [-0.15, -0.1) is 0 Å². The van der Waals surface area contributed by atoms with E-state index >= 15 is 0 Å². The van der Waals surface area contributed by atoms with E-state index in [1.807, 2.05) is 0 Å². The summed E-state index contributed by atoms with van der Waals surface area (Å²) in [5, 5.41) is 19.7. The number of rotatable bonds is 6. The third-order valence-corrected chi connectivity index (χ3v) is 15.0. The number of aromatic hydroxyl groups is 2. The van der Waals surface area contributed by atoms with Gasteiger partial charge in [0.2, 0.25) is 0 Å². The second-order valence-corrected chi connectivity index (χ2v) is 18.3. The number of carbonyl (C=O) groups is 3. The van der Waals surface area contributed by atoms with Crippen molar-refractivity contribution in [2.24, 2.45) is 50.2 Å². The number of methoxy groups -OCH3 is 1. The van der Waals surface area contributed by atoms with Crippen molar-refractivity contribution in [2.45, 2.75) is 119 Å². The van der Waals surface area contributed by atoms with Crippen LogP contribution < -0.4 is 0 Å².